The number of benzene rings is 1. The van der Waals surface area contributed by atoms with Gasteiger partial charge in [-0.05, 0) is 51.2 Å². The van der Waals surface area contributed by atoms with Crippen LogP contribution in [0.25, 0.3) is 0 Å². The van der Waals surface area contributed by atoms with Crippen molar-refractivity contribution in [3.8, 4) is 0 Å². The minimum Gasteiger partial charge on any atom is -0.444 e. The van der Waals surface area contributed by atoms with Crippen LogP contribution in [-0.4, -0.2) is 46.4 Å². The Labute approximate surface area is 144 Å². The van der Waals surface area contributed by atoms with Crippen molar-refractivity contribution in [2.24, 2.45) is 0 Å². The van der Waals surface area contributed by atoms with Crippen LogP contribution in [0.4, 0.5) is 4.79 Å². The van der Waals surface area contributed by atoms with Gasteiger partial charge in [0.25, 0.3) is 0 Å². The van der Waals surface area contributed by atoms with Crippen LogP contribution in [0.3, 0.4) is 0 Å². The van der Waals surface area contributed by atoms with Crippen LogP contribution in [-0.2, 0) is 17.7 Å². The Morgan fingerprint density at radius 1 is 1.25 bits per heavy atom. The first-order valence-electron chi connectivity index (χ1n) is 8.80. The number of aliphatic hydroxyl groups excluding tert-OH is 1. The number of nitrogens with zero attached hydrogens (tertiary/aromatic N) is 1. The molecular formula is C19H28N2O3. The highest BCUT2D eigenvalue weighted by atomic mass is 16.6. The monoisotopic (exact) mass is 332 g/mol. The van der Waals surface area contributed by atoms with Gasteiger partial charge in [0.2, 0.25) is 0 Å². The zero-order chi connectivity index (χ0) is 17.3. The largest absolute Gasteiger partial charge is 0.444 e. The molecule has 3 rings (SSSR count). The highest BCUT2D eigenvalue weighted by Crippen LogP contribution is 2.29. The van der Waals surface area contributed by atoms with E-state index in [0.717, 1.165) is 25.9 Å². The van der Waals surface area contributed by atoms with E-state index in [1.165, 1.54) is 11.1 Å². The van der Waals surface area contributed by atoms with Crippen molar-refractivity contribution in [2.45, 2.75) is 70.4 Å². The first-order chi connectivity index (χ1) is 11.3. The third-order valence-corrected chi connectivity index (χ3v) is 4.85. The topological polar surface area (TPSA) is 61.8 Å². The molecule has 0 aromatic heterocycles. The number of hydrogen-bond acceptors (Lipinski definition) is 4. The molecular weight excluding hydrogens is 304 g/mol. The van der Waals surface area contributed by atoms with E-state index < -0.39 is 17.8 Å². The average molecular weight is 332 g/mol. The molecule has 2 N–H and O–H groups in total. The van der Waals surface area contributed by atoms with Crippen molar-refractivity contribution < 1.29 is 14.6 Å². The van der Waals surface area contributed by atoms with Crippen LogP contribution in [0.5, 0.6) is 0 Å². The van der Waals surface area contributed by atoms with Crippen molar-refractivity contribution in [1.82, 2.24) is 10.2 Å². The standard InChI is InChI=1S/C19H28N2O3/c1-19(2,3)24-18(23)20-15-10-16(17(22)11-15)21-9-8-13-6-4-5-7-14(13)12-21/h4-7,15-17,22H,8-12H2,1-3H3,(H,20,23)/t15-,16?,17+/m1/s1. The third kappa shape index (κ3) is 4.08. The SMILES string of the molecule is CC(C)(C)OC(=O)N[C@@H]1CC(N2CCc3ccccc3C2)[C@@H](O)C1. The lowest BCUT2D eigenvalue weighted by Crippen LogP contribution is -2.43. The van der Waals surface area contributed by atoms with Crippen molar-refractivity contribution in [2.75, 3.05) is 6.54 Å². The van der Waals surface area contributed by atoms with E-state index in [-0.39, 0.29) is 12.1 Å². The summed E-state index contributed by atoms with van der Waals surface area (Å²) in [7, 11) is 0. The number of aliphatic hydroxyl groups is 1. The Hall–Kier alpha value is -1.59. The Kier molecular flexibility index (Phi) is 4.83. The summed E-state index contributed by atoms with van der Waals surface area (Å²) in [5.41, 5.74) is 2.25. The van der Waals surface area contributed by atoms with E-state index in [1.807, 2.05) is 20.8 Å². The van der Waals surface area contributed by atoms with Gasteiger partial charge in [0.15, 0.2) is 0 Å². The second kappa shape index (κ2) is 6.73. The predicted octanol–water partition coefficient (Wildman–Crippen LogP) is 2.46. The highest BCUT2D eigenvalue weighted by Gasteiger charge is 2.38. The number of nitrogens with one attached hydrogen (secondary N) is 1. The molecule has 1 amide bonds. The van der Waals surface area contributed by atoms with E-state index in [1.54, 1.807) is 0 Å². The van der Waals surface area contributed by atoms with Gasteiger partial charge in [0.05, 0.1) is 6.10 Å². The van der Waals surface area contributed by atoms with Gasteiger partial charge in [-0.25, -0.2) is 4.79 Å². The fourth-order valence-electron chi connectivity index (χ4n) is 3.78. The first-order valence-corrected chi connectivity index (χ1v) is 8.80. The Bertz CT molecular complexity index is 597. The highest BCUT2D eigenvalue weighted by molar-refractivity contribution is 5.68. The molecule has 2 aliphatic rings. The van der Waals surface area contributed by atoms with Gasteiger partial charge in [-0.15, -0.1) is 0 Å². The van der Waals surface area contributed by atoms with Crippen LogP contribution in [0.2, 0.25) is 0 Å². The van der Waals surface area contributed by atoms with Crippen LogP contribution in [0, 0.1) is 0 Å². The molecule has 5 heteroatoms. The average Bonchev–Trinajstić information content (AvgIpc) is 2.85. The van der Waals surface area contributed by atoms with Crippen molar-refractivity contribution in [3.63, 3.8) is 0 Å². The zero-order valence-electron chi connectivity index (χ0n) is 14.8. The first kappa shape index (κ1) is 17.2. The smallest absolute Gasteiger partial charge is 0.407 e. The van der Waals surface area contributed by atoms with E-state index in [9.17, 15) is 9.90 Å². The molecule has 132 valence electrons. The molecule has 1 unspecified atom stereocenters. The van der Waals surface area contributed by atoms with Gasteiger partial charge >= 0.3 is 6.09 Å². The van der Waals surface area contributed by atoms with Gasteiger partial charge in [0.1, 0.15) is 5.60 Å². The van der Waals surface area contributed by atoms with E-state index in [0.29, 0.717) is 6.42 Å². The van der Waals surface area contributed by atoms with Crippen molar-refractivity contribution >= 4 is 6.09 Å². The number of alkyl carbamates (subject to hydrolysis) is 1. The number of fused-ring (bicyclic) bond motifs is 1. The van der Waals surface area contributed by atoms with Crippen LogP contribution < -0.4 is 5.32 Å². The maximum absolute atomic E-state index is 11.9. The quantitative estimate of drug-likeness (QED) is 0.873. The van der Waals surface area contributed by atoms with Crippen molar-refractivity contribution in [1.29, 1.82) is 0 Å². The molecule has 1 aromatic carbocycles. The molecule has 1 aliphatic carbocycles. The van der Waals surface area contributed by atoms with Gasteiger partial charge < -0.3 is 15.2 Å². The predicted molar refractivity (Wildman–Crippen MR) is 92.7 cm³/mol. The van der Waals surface area contributed by atoms with Crippen LogP contribution in [0.15, 0.2) is 24.3 Å². The minimum absolute atomic E-state index is 0.0305. The molecule has 24 heavy (non-hydrogen) atoms. The Morgan fingerprint density at radius 3 is 2.67 bits per heavy atom. The summed E-state index contributed by atoms with van der Waals surface area (Å²) in [5, 5.41) is 13.4. The van der Waals surface area contributed by atoms with E-state index in [4.69, 9.17) is 4.74 Å². The summed E-state index contributed by atoms with van der Waals surface area (Å²) in [6, 6.07) is 8.57. The summed E-state index contributed by atoms with van der Waals surface area (Å²) in [5.74, 6) is 0. The van der Waals surface area contributed by atoms with Gasteiger partial charge in [-0.1, -0.05) is 24.3 Å². The summed E-state index contributed by atoms with van der Waals surface area (Å²) in [4.78, 5) is 14.3. The molecule has 1 heterocycles. The summed E-state index contributed by atoms with van der Waals surface area (Å²) >= 11 is 0. The second-order valence-electron chi connectivity index (χ2n) is 7.94. The summed E-state index contributed by atoms with van der Waals surface area (Å²) in [6.07, 6.45) is 1.56. The normalized spacial score (nSPS) is 27.6. The minimum atomic E-state index is -0.503. The summed E-state index contributed by atoms with van der Waals surface area (Å²) in [6.45, 7) is 7.38. The maximum atomic E-state index is 11.9. The van der Waals surface area contributed by atoms with Crippen molar-refractivity contribution in [3.05, 3.63) is 35.4 Å². The van der Waals surface area contributed by atoms with Crippen LogP contribution in [0.1, 0.15) is 44.7 Å². The number of ether oxygens (including phenoxy) is 1. The lowest BCUT2D eigenvalue weighted by Gasteiger charge is -2.35. The molecule has 1 aliphatic heterocycles. The number of carbonyl (C=O) groups excluding carboxylic acids is 1. The lowest BCUT2D eigenvalue weighted by molar-refractivity contribution is 0.0502. The number of amides is 1. The molecule has 0 radical (unpaired) electrons. The fourth-order valence-corrected chi connectivity index (χ4v) is 3.78. The molecule has 1 saturated carbocycles. The molecule has 1 fully saturated rings. The molecule has 0 saturated heterocycles. The second-order valence-corrected chi connectivity index (χ2v) is 7.94. The number of rotatable bonds is 2. The third-order valence-electron chi connectivity index (χ3n) is 4.85. The molecule has 3 atom stereocenters. The van der Waals surface area contributed by atoms with E-state index >= 15 is 0 Å². The Morgan fingerprint density at radius 2 is 1.96 bits per heavy atom. The lowest BCUT2D eigenvalue weighted by atomic mass is 9.98. The maximum Gasteiger partial charge on any atom is 0.407 e. The van der Waals surface area contributed by atoms with Crippen LogP contribution >= 0.6 is 0 Å². The molecule has 1 aromatic rings. The molecule has 0 bridgehead atoms. The number of hydrogen-bond donors (Lipinski definition) is 2. The Balaban J connectivity index is 1.58. The zero-order valence-corrected chi connectivity index (χ0v) is 14.8. The van der Waals surface area contributed by atoms with E-state index in [2.05, 4.69) is 34.5 Å². The number of carbonyl (C=O) groups is 1. The molecule has 0 spiro atoms. The fraction of sp³-hybridized carbons (Fsp3) is 0.632. The van der Waals surface area contributed by atoms with Gasteiger partial charge in [-0.3, -0.25) is 4.90 Å². The van der Waals surface area contributed by atoms with Gasteiger partial charge in [-0.2, -0.15) is 0 Å². The van der Waals surface area contributed by atoms with Gasteiger partial charge in [0, 0.05) is 25.2 Å². The molecule has 5 nitrogen and oxygen atoms in total. The summed E-state index contributed by atoms with van der Waals surface area (Å²) < 4.78 is 5.32.